The molecule has 3 rings (SSSR count). The smallest absolute Gasteiger partial charge is 0.221 e. The molecule has 0 radical (unpaired) electrons. The molecule has 23 heavy (non-hydrogen) atoms. The third-order valence-electron chi connectivity index (χ3n) is 3.49. The van der Waals surface area contributed by atoms with Crippen molar-refractivity contribution in [3.63, 3.8) is 0 Å². The Bertz CT molecular complexity index is 836. The van der Waals surface area contributed by atoms with E-state index in [4.69, 9.17) is 0 Å². The standard InChI is InChI=1S/C18H15N3O2/c1-12(22)19-15-9-7-14(8-10-15)17-11-16(18(20-17)21-23)13-5-3-2-4-6-13/h2-11,20H,1H3,(H,19,22). The van der Waals surface area contributed by atoms with Crippen molar-refractivity contribution in [2.45, 2.75) is 6.92 Å². The van der Waals surface area contributed by atoms with E-state index in [1.165, 1.54) is 6.92 Å². The average Bonchev–Trinajstić information content (AvgIpc) is 3.00. The van der Waals surface area contributed by atoms with E-state index in [0.717, 1.165) is 28.1 Å². The van der Waals surface area contributed by atoms with Gasteiger partial charge in [0.05, 0.1) is 0 Å². The number of aromatic amines is 1. The van der Waals surface area contributed by atoms with Gasteiger partial charge in [0, 0.05) is 23.9 Å². The van der Waals surface area contributed by atoms with Crippen LogP contribution in [0.1, 0.15) is 6.92 Å². The molecule has 0 unspecified atom stereocenters. The fourth-order valence-corrected chi connectivity index (χ4v) is 2.45. The highest BCUT2D eigenvalue weighted by Gasteiger charge is 2.12. The molecule has 0 bridgehead atoms. The fraction of sp³-hybridized carbons (Fsp3) is 0.0556. The molecular weight excluding hydrogens is 290 g/mol. The van der Waals surface area contributed by atoms with E-state index in [1.54, 1.807) is 0 Å². The molecule has 1 heterocycles. The van der Waals surface area contributed by atoms with Crippen LogP contribution in [0.15, 0.2) is 65.8 Å². The monoisotopic (exact) mass is 305 g/mol. The van der Waals surface area contributed by atoms with Gasteiger partial charge in [0.25, 0.3) is 0 Å². The Morgan fingerprint density at radius 1 is 1.00 bits per heavy atom. The first-order valence-electron chi connectivity index (χ1n) is 7.17. The van der Waals surface area contributed by atoms with Gasteiger partial charge >= 0.3 is 0 Å². The Kier molecular flexibility index (Phi) is 4.01. The zero-order valence-corrected chi connectivity index (χ0v) is 12.5. The Hall–Kier alpha value is -3.21. The summed E-state index contributed by atoms with van der Waals surface area (Å²) in [7, 11) is 0. The number of carbonyl (C=O) groups excluding carboxylic acids is 1. The Balaban J connectivity index is 1.96. The average molecular weight is 305 g/mol. The van der Waals surface area contributed by atoms with Crippen LogP contribution in [0.5, 0.6) is 0 Å². The van der Waals surface area contributed by atoms with Crippen LogP contribution in [-0.4, -0.2) is 10.9 Å². The number of nitrogens with zero attached hydrogens (tertiary/aromatic N) is 1. The lowest BCUT2D eigenvalue weighted by atomic mass is 10.1. The maximum Gasteiger partial charge on any atom is 0.221 e. The highest BCUT2D eigenvalue weighted by molar-refractivity contribution is 5.89. The number of hydrogen-bond donors (Lipinski definition) is 2. The van der Waals surface area contributed by atoms with Crippen LogP contribution >= 0.6 is 0 Å². The van der Waals surface area contributed by atoms with Crippen LogP contribution in [0.3, 0.4) is 0 Å². The second kappa shape index (κ2) is 6.27. The van der Waals surface area contributed by atoms with Crippen LogP contribution in [0.25, 0.3) is 22.4 Å². The number of rotatable bonds is 4. The number of H-pyrrole nitrogens is 1. The minimum atomic E-state index is -0.114. The summed E-state index contributed by atoms with van der Waals surface area (Å²) in [6, 6.07) is 18.9. The van der Waals surface area contributed by atoms with E-state index in [2.05, 4.69) is 15.5 Å². The molecule has 0 aliphatic rings. The first-order chi connectivity index (χ1) is 11.2. The molecule has 0 atom stereocenters. The van der Waals surface area contributed by atoms with Gasteiger partial charge in [-0.05, 0) is 34.5 Å². The van der Waals surface area contributed by atoms with E-state index in [9.17, 15) is 9.70 Å². The molecule has 0 aliphatic carbocycles. The summed E-state index contributed by atoms with van der Waals surface area (Å²) in [6.45, 7) is 1.47. The number of nitroso groups, excluding NO2 is 1. The second-order valence-corrected chi connectivity index (χ2v) is 5.16. The van der Waals surface area contributed by atoms with Crippen molar-refractivity contribution in [3.05, 3.63) is 65.6 Å². The molecule has 0 spiro atoms. The van der Waals surface area contributed by atoms with E-state index in [-0.39, 0.29) is 5.91 Å². The van der Waals surface area contributed by atoms with Crippen LogP contribution in [0, 0.1) is 4.91 Å². The number of aromatic nitrogens is 1. The van der Waals surface area contributed by atoms with Crippen molar-refractivity contribution in [1.82, 2.24) is 4.98 Å². The number of anilines is 1. The number of hydrogen-bond acceptors (Lipinski definition) is 3. The summed E-state index contributed by atoms with van der Waals surface area (Å²) in [4.78, 5) is 25.2. The maximum atomic E-state index is 11.1. The van der Waals surface area contributed by atoms with Gasteiger partial charge in [-0.15, -0.1) is 4.91 Å². The molecule has 1 aromatic heterocycles. The van der Waals surface area contributed by atoms with Gasteiger partial charge in [-0.2, -0.15) is 0 Å². The Morgan fingerprint density at radius 3 is 2.30 bits per heavy atom. The Labute approximate surface area is 133 Å². The molecule has 0 saturated carbocycles. The van der Waals surface area contributed by atoms with Crippen molar-refractivity contribution in [1.29, 1.82) is 0 Å². The summed E-state index contributed by atoms with van der Waals surface area (Å²) >= 11 is 0. The summed E-state index contributed by atoms with van der Waals surface area (Å²) < 4.78 is 0. The number of carbonyl (C=O) groups is 1. The molecular formula is C18H15N3O2. The molecule has 3 aromatic rings. The van der Waals surface area contributed by atoms with Crippen molar-refractivity contribution < 1.29 is 4.79 Å². The van der Waals surface area contributed by atoms with Gasteiger partial charge < -0.3 is 10.3 Å². The lowest BCUT2D eigenvalue weighted by molar-refractivity contribution is -0.114. The molecule has 5 heteroatoms. The molecule has 0 fully saturated rings. The van der Waals surface area contributed by atoms with Crippen LogP contribution in [0.2, 0.25) is 0 Å². The highest BCUT2D eigenvalue weighted by Crippen LogP contribution is 2.34. The van der Waals surface area contributed by atoms with Crippen molar-refractivity contribution in [3.8, 4) is 22.4 Å². The zero-order valence-electron chi connectivity index (χ0n) is 12.5. The lowest BCUT2D eigenvalue weighted by Gasteiger charge is -2.03. The zero-order chi connectivity index (χ0) is 16.2. The summed E-state index contributed by atoms with van der Waals surface area (Å²) in [5.41, 5.74) is 4.13. The quantitative estimate of drug-likeness (QED) is 0.685. The van der Waals surface area contributed by atoms with Gasteiger partial charge in [-0.3, -0.25) is 4.79 Å². The molecule has 0 aliphatic heterocycles. The third kappa shape index (κ3) is 3.18. The van der Waals surface area contributed by atoms with Gasteiger partial charge in [0.1, 0.15) is 0 Å². The molecule has 114 valence electrons. The van der Waals surface area contributed by atoms with E-state index in [0.29, 0.717) is 5.82 Å². The largest absolute Gasteiger partial charge is 0.336 e. The Morgan fingerprint density at radius 2 is 1.70 bits per heavy atom. The van der Waals surface area contributed by atoms with Crippen LogP contribution < -0.4 is 5.32 Å². The van der Waals surface area contributed by atoms with Gasteiger partial charge in [0.2, 0.25) is 5.91 Å². The minimum absolute atomic E-state index is 0.114. The van der Waals surface area contributed by atoms with Crippen molar-refractivity contribution in [2.75, 3.05) is 5.32 Å². The molecule has 2 aromatic carbocycles. The second-order valence-electron chi connectivity index (χ2n) is 5.16. The molecule has 2 N–H and O–H groups in total. The molecule has 0 saturated heterocycles. The van der Waals surface area contributed by atoms with Gasteiger partial charge in [-0.25, -0.2) is 0 Å². The summed E-state index contributed by atoms with van der Waals surface area (Å²) in [5, 5.41) is 5.81. The fourth-order valence-electron chi connectivity index (χ4n) is 2.45. The predicted molar refractivity (Wildman–Crippen MR) is 91.4 cm³/mol. The number of amides is 1. The van der Waals surface area contributed by atoms with Gasteiger partial charge in [0.15, 0.2) is 5.82 Å². The third-order valence-corrected chi connectivity index (χ3v) is 3.49. The van der Waals surface area contributed by atoms with E-state index < -0.39 is 0 Å². The first-order valence-corrected chi connectivity index (χ1v) is 7.17. The lowest BCUT2D eigenvalue weighted by Crippen LogP contribution is -2.05. The van der Waals surface area contributed by atoms with Crippen molar-refractivity contribution in [2.24, 2.45) is 5.18 Å². The summed E-state index contributed by atoms with van der Waals surface area (Å²) in [6.07, 6.45) is 0. The SMILES string of the molecule is CC(=O)Nc1ccc(-c2cc(-c3ccccc3)c(N=O)[nH]2)cc1. The van der Waals surface area contributed by atoms with Crippen LogP contribution in [-0.2, 0) is 4.79 Å². The minimum Gasteiger partial charge on any atom is -0.336 e. The highest BCUT2D eigenvalue weighted by atomic mass is 16.3. The number of nitrogens with one attached hydrogen (secondary N) is 2. The topological polar surface area (TPSA) is 74.3 Å². The van der Waals surface area contributed by atoms with Gasteiger partial charge in [-0.1, -0.05) is 42.5 Å². The molecule has 5 nitrogen and oxygen atoms in total. The van der Waals surface area contributed by atoms with Crippen LogP contribution in [0.4, 0.5) is 11.5 Å². The van der Waals surface area contributed by atoms with E-state index in [1.807, 2.05) is 60.7 Å². The predicted octanol–water partition coefficient (Wildman–Crippen LogP) is 4.71. The first kappa shape index (κ1) is 14.7. The molecule has 1 amide bonds. The maximum absolute atomic E-state index is 11.1. The summed E-state index contributed by atoms with van der Waals surface area (Å²) in [5.74, 6) is 0.188. The van der Waals surface area contributed by atoms with E-state index >= 15 is 0 Å². The number of benzene rings is 2. The normalized spacial score (nSPS) is 10.3. The van der Waals surface area contributed by atoms with Crippen molar-refractivity contribution >= 4 is 17.4 Å².